The molecule has 0 radical (unpaired) electrons. The summed E-state index contributed by atoms with van der Waals surface area (Å²) in [6.07, 6.45) is -2.58. The standard InChI is InChI=1S/C21H23F4N9/c1-3-32-6-11(22)15(8-32)29-21-30-19(26)18-17(12(23)7-34(18)31-21)13-4-5-14-20(28-13)33(9-16(24)25)10(2)27-14/h4-5,7,11,15-16H,3,6,8-9H2,1-2H3,(H3,26,29,30,31)/t11-,15+/m0/s1. The highest BCUT2D eigenvalue weighted by atomic mass is 19.3. The van der Waals surface area contributed by atoms with Crippen molar-refractivity contribution in [3.63, 3.8) is 0 Å². The molecule has 13 heteroatoms. The molecule has 5 rings (SSSR count). The van der Waals surface area contributed by atoms with E-state index in [-0.39, 0.29) is 34.2 Å². The number of nitrogens with zero attached hydrogens (tertiary/aromatic N) is 7. The summed E-state index contributed by atoms with van der Waals surface area (Å²) >= 11 is 0. The lowest BCUT2D eigenvalue weighted by molar-refractivity contribution is 0.127. The predicted octanol–water partition coefficient (Wildman–Crippen LogP) is 2.89. The van der Waals surface area contributed by atoms with Gasteiger partial charge in [0.2, 0.25) is 5.95 Å². The number of hydrogen-bond acceptors (Lipinski definition) is 7. The smallest absolute Gasteiger partial charge is 0.256 e. The van der Waals surface area contributed by atoms with Crippen molar-refractivity contribution in [3.05, 3.63) is 30.0 Å². The summed E-state index contributed by atoms with van der Waals surface area (Å²) in [5, 5.41) is 7.21. The molecule has 0 aromatic carbocycles. The molecule has 5 heterocycles. The molecule has 3 N–H and O–H groups in total. The molecule has 2 atom stereocenters. The van der Waals surface area contributed by atoms with Crippen molar-refractivity contribution in [2.75, 3.05) is 30.7 Å². The predicted molar refractivity (Wildman–Crippen MR) is 119 cm³/mol. The minimum absolute atomic E-state index is 0.0312. The van der Waals surface area contributed by atoms with Crippen molar-refractivity contribution in [3.8, 4) is 11.3 Å². The summed E-state index contributed by atoms with van der Waals surface area (Å²) < 4.78 is 58.0. The number of fused-ring (bicyclic) bond motifs is 2. The number of pyridine rings is 1. The molecular formula is C21H23F4N9. The Kier molecular flexibility index (Phi) is 5.50. The SMILES string of the molecule is CCN1C[C@H](F)[C@H](Nc2nc(N)c3c(-c4ccc5nc(C)n(CC(F)F)c5n4)c(F)cn3n2)C1. The van der Waals surface area contributed by atoms with Gasteiger partial charge < -0.3 is 15.6 Å². The third-order valence-electron chi connectivity index (χ3n) is 6.06. The fraction of sp³-hybridized carbons (Fsp3) is 0.429. The Morgan fingerprint density at radius 1 is 1.21 bits per heavy atom. The number of imidazole rings is 1. The van der Waals surface area contributed by atoms with Crippen LogP contribution in [0.15, 0.2) is 18.3 Å². The van der Waals surface area contributed by atoms with E-state index in [1.54, 1.807) is 13.0 Å². The van der Waals surface area contributed by atoms with Crippen LogP contribution in [-0.2, 0) is 6.54 Å². The Balaban J connectivity index is 1.55. The van der Waals surface area contributed by atoms with Gasteiger partial charge in [0, 0.05) is 13.1 Å². The zero-order valence-corrected chi connectivity index (χ0v) is 18.5. The number of aromatic nitrogens is 6. The first-order valence-electron chi connectivity index (χ1n) is 10.8. The van der Waals surface area contributed by atoms with E-state index in [0.29, 0.717) is 24.4 Å². The van der Waals surface area contributed by atoms with Crippen LogP contribution in [0, 0.1) is 12.7 Å². The Bertz CT molecular complexity index is 1370. The molecule has 180 valence electrons. The molecule has 4 aromatic heterocycles. The normalized spacial score (nSPS) is 19.1. The number of hydrogen-bond donors (Lipinski definition) is 2. The molecule has 0 amide bonds. The molecule has 34 heavy (non-hydrogen) atoms. The molecule has 0 saturated carbocycles. The van der Waals surface area contributed by atoms with Crippen LogP contribution in [0.1, 0.15) is 12.7 Å². The van der Waals surface area contributed by atoms with Crippen molar-refractivity contribution in [1.82, 2.24) is 34.0 Å². The van der Waals surface area contributed by atoms with Crippen LogP contribution in [-0.4, -0.2) is 72.3 Å². The van der Waals surface area contributed by atoms with Gasteiger partial charge in [-0.1, -0.05) is 6.92 Å². The topological polar surface area (TPSA) is 102 Å². The minimum atomic E-state index is -2.60. The van der Waals surface area contributed by atoms with E-state index in [0.717, 1.165) is 12.7 Å². The number of alkyl halides is 3. The summed E-state index contributed by atoms with van der Waals surface area (Å²) in [7, 11) is 0. The third kappa shape index (κ3) is 3.79. The fourth-order valence-corrected chi connectivity index (χ4v) is 4.40. The average molecular weight is 477 g/mol. The summed E-state index contributed by atoms with van der Waals surface area (Å²) in [6.45, 7) is 4.49. The summed E-state index contributed by atoms with van der Waals surface area (Å²) in [5.41, 5.74) is 7.17. The van der Waals surface area contributed by atoms with Crippen molar-refractivity contribution >= 4 is 28.4 Å². The van der Waals surface area contributed by atoms with Crippen LogP contribution in [0.5, 0.6) is 0 Å². The number of nitrogens with one attached hydrogen (secondary N) is 1. The highest BCUT2D eigenvalue weighted by molar-refractivity contribution is 5.89. The van der Waals surface area contributed by atoms with E-state index in [9.17, 15) is 13.2 Å². The first kappa shape index (κ1) is 22.3. The molecule has 0 bridgehead atoms. The maximum atomic E-state index is 15.1. The van der Waals surface area contributed by atoms with E-state index in [4.69, 9.17) is 5.73 Å². The second kappa shape index (κ2) is 8.38. The van der Waals surface area contributed by atoms with Gasteiger partial charge in [-0.15, -0.1) is 5.10 Å². The maximum Gasteiger partial charge on any atom is 0.256 e. The lowest BCUT2D eigenvalue weighted by Crippen LogP contribution is -2.31. The van der Waals surface area contributed by atoms with Gasteiger partial charge in [-0.25, -0.2) is 32.0 Å². The number of nitrogens with two attached hydrogens (primary N) is 1. The Morgan fingerprint density at radius 2 is 2.00 bits per heavy atom. The number of aryl methyl sites for hydroxylation is 1. The summed E-state index contributed by atoms with van der Waals surface area (Å²) in [5.74, 6) is -0.244. The number of nitrogen functional groups attached to an aromatic ring is 1. The van der Waals surface area contributed by atoms with Crippen molar-refractivity contribution in [2.24, 2.45) is 0 Å². The van der Waals surface area contributed by atoms with Gasteiger partial charge >= 0.3 is 0 Å². The average Bonchev–Trinajstić information content (AvgIpc) is 3.40. The van der Waals surface area contributed by atoms with E-state index in [1.807, 2.05) is 11.8 Å². The van der Waals surface area contributed by atoms with Crippen molar-refractivity contribution < 1.29 is 17.6 Å². The van der Waals surface area contributed by atoms with Gasteiger partial charge in [-0.2, -0.15) is 4.98 Å². The van der Waals surface area contributed by atoms with Crippen molar-refractivity contribution in [1.29, 1.82) is 0 Å². The molecule has 0 spiro atoms. The molecule has 4 aromatic rings. The van der Waals surface area contributed by atoms with Gasteiger partial charge in [0.05, 0.1) is 30.0 Å². The molecular weight excluding hydrogens is 454 g/mol. The monoisotopic (exact) mass is 477 g/mol. The molecule has 1 aliphatic rings. The number of anilines is 2. The Hall–Kier alpha value is -3.48. The van der Waals surface area contributed by atoms with Gasteiger partial charge in [0.1, 0.15) is 23.0 Å². The van der Waals surface area contributed by atoms with Crippen LogP contribution >= 0.6 is 0 Å². The zero-order chi connectivity index (χ0) is 24.1. The first-order valence-corrected chi connectivity index (χ1v) is 10.8. The number of likely N-dealkylation sites (tertiary alicyclic amines) is 1. The highest BCUT2D eigenvalue weighted by Crippen LogP contribution is 2.32. The van der Waals surface area contributed by atoms with Crippen LogP contribution in [0.4, 0.5) is 29.3 Å². The van der Waals surface area contributed by atoms with Crippen LogP contribution < -0.4 is 11.1 Å². The van der Waals surface area contributed by atoms with Gasteiger partial charge in [0.15, 0.2) is 17.3 Å². The first-order chi connectivity index (χ1) is 16.2. The van der Waals surface area contributed by atoms with Crippen LogP contribution in [0.3, 0.4) is 0 Å². The lowest BCUT2D eigenvalue weighted by Gasteiger charge is -2.15. The Labute approximate surface area is 191 Å². The lowest BCUT2D eigenvalue weighted by atomic mass is 10.1. The molecule has 1 aliphatic heterocycles. The van der Waals surface area contributed by atoms with Gasteiger partial charge in [-0.05, 0) is 25.6 Å². The van der Waals surface area contributed by atoms with Gasteiger partial charge in [0.25, 0.3) is 6.43 Å². The van der Waals surface area contributed by atoms with E-state index < -0.39 is 31.0 Å². The molecule has 1 saturated heterocycles. The quantitative estimate of drug-likeness (QED) is 0.412. The number of halogens is 4. The molecule has 0 unspecified atom stereocenters. The second-order valence-electron chi connectivity index (χ2n) is 8.28. The molecule has 9 nitrogen and oxygen atoms in total. The summed E-state index contributed by atoms with van der Waals surface area (Å²) in [6, 6.07) is 2.61. The van der Waals surface area contributed by atoms with Crippen LogP contribution in [0.2, 0.25) is 0 Å². The van der Waals surface area contributed by atoms with E-state index in [2.05, 4.69) is 25.4 Å². The maximum absolute atomic E-state index is 15.1. The number of rotatable bonds is 6. The summed E-state index contributed by atoms with van der Waals surface area (Å²) in [4.78, 5) is 14.8. The van der Waals surface area contributed by atoms with E-state index in [1.165, 1.54) is 15.1 Å². The largest absolute Gasteiger partial charge is 0.382 e. The molecule has 0 aliphatic carbocycles. The third-order valence-corrected chi connectivity index (χ3v) is 6.06. The van der Waals surface area contributed by atoms with E-state index >= 15 is 4.39 Å². The van der Waals surface area contributed by atoms with Crippen LogP contribution in [0.25, 0.3) is 27.9 Å². The highest BCUT2D eigenvalue weighted by Gasteiger charge is 2.33. The number of likely N-dealkylation sites (N-methyl/N-ethyl adjacent to an activating group) is 1. The zero-order valence-electron chi connectivity index (χ0n) is 18.5. The van der Waals surface area contributed by atoms with Crippen molar-refractivity contribution in [2.45, 2.75) is 39.0 Å². The molecule has 1 fully saturated rings. The second-order valence-corrected chi connectivity index (χ2v) is 8.28. The fourth-order valence-electron chi connectivity index (χ4n) is 4.40. The Morgan fingerprint density at radius 3 is 2.71 bits per heavy atom. The van der Waals surface area contributed by atoms with Gasteiger partial charge in [-0.3, -0.25) is 4.90 Å². The minimum Gasteiger partial charge on any atom is -0.382 e.